The van der Waals surface area contributed by atoms with Crippen LogP contribution in [-0.4, -0.2) is 47.7 Å². The quantitative estimate of drug-likeness (QED) is 0.761. The number of thioether (sulfide) groups is 1. The summed E-state index contributed by atoms with van der Waals surface area (Å²) in [6.07, 6.45) is 1.90. The van der Waals surface area contributed by atoms with E-state index in [4.69, 9.17) is 10.7 Å². The molecular formula is C12H19N5S. The van der Waals surface area contributed by atoms with Gasteiger partial charge in [0.05, 0.1) is 5.69 Å². The van der Waals surface area contributed by atoms with E-state index in [9.17, 15) is 0 Å². The van der Waals surface area contributed by atoms with Gasteiger partial charge in [-0.25, -0.2) is 4.98 Å². The Morgan fingerprint density at radius 2 is 1.89 bits per heavy atom. The van der Waals surface area contributed by atoms with Crippen LogP contribution in [0.2, 0.25) is 0 Å². The van der Waals surface area contributed by atoms with Gasteiger partial charge in [0, 0.05) is 43.1 Å². The summed E-state index contributed by atoms with van der Waals surface area (Å²) in [4.78, 5) is 11.5. The molecule has 3 N–H and O–H groups in total. The van der Waals surface area contributed by atoms with Crippen molar-refractivity contribution >= 4 is 23.5 Å². The fourth-order valence-corrected chi connectivity index (χ4v) is 3.37. The molecule has 98 valence electrons. The van der Waals surface area contributed by atoms with Gasteiger partial charge in [0.15, 0.2) is 0 Å². The Balaban J connectivity index is 1.91. The molecule has 0 bridgehead atoms. The number of hydrogen-bond acceptors (Lipinski definition) is 6. The highest BCUT2D eigenvalue weighted by Crippen LogP contribution is 2.22. The smallest absolute Gasteiger partial charge is 0.227 e. The van der Waals surface area contributed by atoms with Crippen molar-refractivity contribution in [2.45, 2.75) is 12.8 Å². The summed E-state index contributed by atoms with van der Waals surface area (Å²) >= 11 is 1.99. The summed E-state index contributed by atoms with van der Waals surface area (Å²) in [5.74, 6) is 3.81. The van der Waals surface area contributed by atoms with Gasteiger partial charge in [-0.2, -0.15) is 16.7 Å². The summed E-state index contributed by atoms with van der Waals surface area (Å²) < 4.78 is 0. The van der Waals surface area contributed by atoms with Crippen molar-refractivity contribution in [1.29, 1.82) is 0 Å². The maximum Gasteiger partial charge on any atom is 0.227 e. The van der Waals surface area contributed by atoms with Crippen LogP contribution in [0.25, 0.3) is 0 Å². The zero-order valence-electron chi connectivity index (χ0n) is 10.5. The third-order valence-corrected chi connectivity index (χ3v) is 4.44. The van der Waals surface area contributed by atoms with Crippen molar-refractivity contribution in [2.75, 3.05) is 48.3 Å². The summed E-state index contributed by atoms with van der Waals surface area (Å²) in [5, 5.41) is 3.38. The Labute approximate surface area is 112 Å². The molecule has 18 heavy (non-hydrogen) atoms. The molecular weight excluding hydrogens is 246 g/mol. The molecule has 0 radical (unpaired) electrons. The predicted molar refractivity (Wildman–Crippen MR) is 76.3 cm³/mol. The molecule has 5 nitrogen and oxygen atoms in total. The minimum Gasteiger partial charge on any atom is -0.383 e. The summed E-state index contributed by atoms with van der Waals surface area (Å²) in [6, 6.07) is 0. The lowest BCUT2D eigenvalue weighted by Crippen LogP contribution is -2.34. The fraction of sp³-hybridized carbons (Fsp3) is 0.667. The predicted octanol–water partition coefficient (Wildman–Crippen LogP) is 0.300. The summed E-state index contributed by atoms with van der Waals surface area (Å²) in [6.45, 7) is 4.02. The number of nitrogens with two attached hydrogens (primary N) is 1. The maximum atomic E-state index is 6.11. The number of nitrogen functional groups attached to an aromatic ring is 1. The number of hydrogen-bond donors (Lipinski definition) is 2. The first-order valence-corrected chi connectivity index (χ1v) is 7.69. The lowest BCUT2D eigenvalue weighted by atomic mass is 10.1. The van der Waals surface area contributed by atoms with Crippen molar-refractivity contribution in [2.24, 2.45) is 0 Å². The molecule has 0 amide bonds. The second-order valence-electron chi connectivity index (χ2n) is 4.68. The molecule has 2 aliphatic heterocycles. The van der Waals surface area contributed by atoms with Crippen LogP contribution < -0.4 is 16.0 Å². The molecule has 0 saturated carbocycles. The molecule has 3 heterocycles. The Kier molecular flexibility index (Phi) is 3.56. The molecule has 0 atom stereocenters. The van der Waals surface area contributed by atoms with Crippen LogP contribution in [-0.2, 0) is 12.8 Å². The van der Waals surface area contributed by atoms with Crippen molar-refractivity contribution in [3.63, 3.8) is 0 Å². The Morgan fingerprint density at radius 3 is 2.72 bits per heavy atom. The van der Waals surface area contributed by atoms with E-state index in [0.29, 0.717) is 5.82 Å². The first-order valence-electron chi connectivity index (χ1n) is 6.53. The van der Waals surface area contributed by atoms with Crippen LogP contribution in [0.3, 0.4) is 0 Å². The number of nitrogens with zero attached hydrogens (tertiary/aromatic N) is 3. The topological polar surface area (TPSA) is 67.1 Å². The van der Waals surface area contributed by atoms with Crippen molar-refractivity contribution in [3.05, 3.63) is 11.3 Å². The Bertz CT molecular complexity index is 431. The van der Waals surface area contributed by atoms with E-state index >= 15 is 0 Å². The average Bonchev–Trinajstić information content (AvgIpc) is 2.65. The van der Waals surface area contributed by atoms with Crippen LogP contribution in [0.1, 0.15) is 11.3 Å². The first kappa shape index (κ1) is 12.0. The fourth-order valence-electron chi connectivity index (χ4n) is 2.47. The van der Waals surface area contributed by atoms with Gasteiger partial charge >= 0.3 is 0 Å². The minimum absolute atomic E-state index is 0.678. The van der Waals surface area contributed by atoms with Gasteiger partial charge in [0.1, 0.15) is 5.82 Å². The van der Waals surface area contributed by atoms with Gasteiger partial charge in [-0.05, 0) is 13.0 Å². The molecule has 1 fully saturated rings. The van der Waals surface area contributed by atoms with Gasteiger partial charge in [0.2, 0.25) is 5.95 Å². The van der Waals surface area contributed by atoms with Crippen molar-refractivity contribution in [1.82, 2.24) is 15.3 Å². The normalized spacial score (nSPS) is 20.3. The van der Waals surface area contributed by atoms with Gasteiger partial charge in [-0.1, -0.05) is 0 Å². The van der Waals surface area contributed by atoms with E-state index in [1.807, 2.05) is 11.8 Å². The lowest BCUT2D eigenvalue weighted by molar-refractivity contribution is 0.708. The first-order chi connectivity index (χ1) is 8.84. The third-order valence-electron chi connectivity index (χ3n) is 3.50. The third kappa shape index (κ3) is 2.40. The van der Waals surface area contributed by atoms with Crippen LogP contribution in [0.15, 0.2) is 0 Å². The number of fused-ring (bicyclic) bond motifs is 1. The standard InChI is InChI=1S/C12H19N5S/c13-11-9-1-3-14-4-2-10(9)15-12(16-11)17-5-7-18-8-6-17/h14H,1-8H2,(H2,13,15,16). The average molecular weight is 265 g/mol. The SMILES string of the molecule is Nc1nc(N2CCSCC2)nc2c1CCNCC2. The van der Waals surface area contributed by atoms with E-state index in [1.165, 1.54) is 0 Å². The van der Waals surface area contributed by atoms with Crippen LogP contribution in [0.5, 0.6) is 0 Å². The number of nitrogens with one attached hydrogen (secondary N) is 1. The highest BCUT2D eigenvalue weighted by Gasteiger charge is 2.19. The minimum atomic E-state index is 0.678. The Hall–Kier alpha value is -1.01. The molecule has 3 rings (SSSR count). The zero-order valence-corrected chi connectivity index (χ0v) is 11.3. The molecule has 1 aromatic heterocycles. The monoisotopic (exact) mass is 265 g/mol. The van der Waals surface area contributed by atoms with Crippen molar-refractivity contribution < 1.29 is 0 Å². The molecule has 1 aromatic rings. The van der Waals surface area contributed by atoms with Crippen LogP contribution in [0.4, 0.5) is 11.8 Å². The highest BCUT2D eigenvalue weighted by atomic mass is 32.2. The molecule has 0 unspecified atom stereocenters. The van der Waals surface area contributed by atoms with Gasteiger partial charge < -0.3 is 16.0 Å². The summed E-state index contributed by atoms with van der Waals surface area (Å²) in [7, 11) is 0. The number of anilines is 2. The maximum absolute atomic E-state index is 6.11. The van der Waals surface area contributed by atoms with E-state index in [0.717, 1.165) is 67.7 Å². The summed E-state index contributed by atoms with van der Waals surface area (Å²) in [5.41, 5.74) is 8.40. The van der Waals surface area contributed by atoms with E-state index in [1.54, 1.807) is 0 Å². The number of aromatic nitrogens is 2. The molecule has 2 aliphatic rings. The molecule has 6 heteroatoms. The molecule has 0 aromatic carbocycles. The van der Waals surface area contributed by atoms with E-state index in [2.05, 4.69) is 15.2 Å². The van der Waals surface area contributed by atoms with Gasteiger partial charge in [0.25, 0.3) is 0 Å². The molecule has 0 spiro atoms. The molecule has 1 saturated heterocycles. The Morgan fingerprint density at radius 1 is 1.11 bits per heavy atom. The highest BCUT2D eigenvalue weighted by molar-refractivity contribution is 7.99. The van der Waals surface area contributed by atoms with E-state index < -0.39 is 0 Å². The second kappa shape index (κ2) is 5.32. The number of rotatable bonds is 1. The van der Waals surface area contributed by atoms with Crippen LogP contribution in [0, 0.1) is 0 Å². The lowest BCUT2D eigenvalue weighted by Gasteiger charge is -2.27. The van der Waals surface area contributed by atoms with Crippen molar-refractivity contribution in [3.8, 4) is 0 Å². The largest absolute Gasteiger partial charge is 0.383 e. The van der Waals surface area contributed by atoms with E-state index in [-0.39, 0.29) is 0 Å². The van der Waals surface area contributed by atoms with Crippen LogP contribution >= 0.6 is 11.8 Å². The van der Waals surface area contributed by atoms with Gasteiger partial charge in [-0.15, -0.1) is 0 Å². The van der Waals surface area contributed by atoms with Gasteiger partial charge in [-0.3, -0.25) is 0 Å². The molecule has 0 aliphatic carbocycles. The second-order valence-corrected chi connectivity index (χ2v) is 5.91. The zero-order chi connectivity index (χ0) is 12.4.